The van der Waals surface area contributed by atoms with Crippen LogP contribution in [0.15, 0.2) is 16.9 Å². The van der Waals surface area contributed by atoms with Crippen molar-refractivity contribution >= 4 is 48.9 Å². The van der Waals surface area contributed by atoms with Crippen LogP contribution in [0.5, 0.6) is 0 Å². The molecule has 21 heavy (non-hydrogen) atoms. The molecule has 0 spiro atoms. The molecule has 3 heterocycles. The van der Waals surface area contributed by atoms with Crippen LogP contribution in [0.4, 0.5) is 4.79 Å². The van der Waals surface area contributed by atoms with Crippen molar-refractivity contribution in [1.82, 2.24) is 24.4 Å². The molecular formula is C12H15AsBrN5O2. The summed E-state index contributed by atoms with van der Waals surface area (Å²) in [4.78, 5) is 18.9. The Morgan fingerprint density at radius 1 is 1.38 bits per heavy atom. The SMILES string of the molecule is O=C(O)N1CCN(Cc2cc(Br)c3c([AsH2])ncnn23)CC1. The van der Waals surface area contributed by atoms with Gasteiger partial charge in [-0.05, 0) is 0 Å². The van der Waals surface area contributed by atoms with Crippen LogP contribution in [0.2, 0.25) is 0 Å². The van der Waals surface area contributed by atoms with E-state index in [1.807, 2.05) is 4.52 Å². The molecule has 0 aliphatic carbocycles. The van der Waals surface area contributed by atoms with E-state index in [9.17, 15) is 4.79 Å². The number of rotatable bonds is 2. The molecule has 112 valence electrons. The van der Waals surface area contributed by atoms with Gasteiger partial charge in [0.1, 0.15) is 0 Å². The zero-order chi connectivity index (χ0) is 15.0. The predicted molar refractivity (Wildman–Crippen MR) is 83.7 cm³/mol. The predicted octanol–water partition coefficient (Wildman–Crippen LogP) is -0.454. The molecule has 0 radical (unpaired) electrons. The molecule has 1 amide bonds. The molecule has 1 atom stereocenters. The summed E-state index contributed by atoms with van der Waals surface area (Å²) < 4.78 is 3.91. The van der Waals surface area contributed by atoms with E-state index in [4.69, 9.17) is 5.11 Å². The Balaban J connectivity index is 1.78. The molecule has 3 rings (SSSR count). The van der Waals surface area contributed by atoms with Gasteiger partial charge in [0.25, 0.3) is 0 Å². The third-order valence-electron chi connectivity index (χ3n) is 3.64. The van der Waals surface area contributed by atoms with Crippen LogP contribution in [0.1, 0.15) is 5.69 Å². The minimum atomic E-state index is -0.837. The van der Waals surface area contributed by atoms with Crippen LogP contribution < -0.4 is 4.48 Å². The number of carboxylic acid groups (broad SMARTS) is 1. The summed E-state index contributed by atoms with van der Waals surface area (Å²) in [5.74, 6) is 0. The standard InChI is InChI=1S/C12H15AsBrN5O2/c13-11-10-9(14)5-8(19(10)16-7-15-11)6-17-1-3-18(4-2-17)12(20)21/h5,7H,1-4,6,13H2,(H,20,21). The molecule has 1 fully saturated rings. The van der Waals surface area contributed by atoms with Crippen molar-refractivity contribution in [2.75, 3.05) is 26.2 Å². The van der Waals surface area contributed by atoms with Crippen molar-refractivity contribution in [3.63, 3.8) is 0 Å². The van der Waals surface area contributed by atoms with Gasteiger partial charge in [-0.2, -0.15) is 0 Å². The Bertz CT molecular complexity index is 684. The molecule has 1 N–H and O–H groups in total. The summed E-state index contributed by atoms with van der Waals surface area (Å²) in [5, 5.41) is 13.3. The van der Waals surface area contributed by atoms with Gasteiger partial charge in [0.2, 0.25) is 0 Å². The fraction of sp³-hybridized carbons (Fsp3) is 0.417. The van der Waals surface area contributed by atoms with Crippen LogP contribution in [0, 0.1) is 0 Å². The minimum absolute atomic E-state index is 0.553. The van der Waals surface area contributed by atoms with Crippen LogP contribution >= 0.6 is 15.9 Å². The summed E-state index contributed by atoms with van der Waals surface area (Å²) >= 11 is 5.03. The molecule has 7 nitrogen and oxygen atoms in total. The Morgan fingerprint density at radius 3 is 2.76 bits per heavy atom. The van der Waals surface area contributed by atoms with Crippen LogP contribution in [-0.2, 0) is 6.54 Å². The van der Waals surface area contributed by atoms with Gasteiger partial charge in [-0.3, -0.25) is 0 Å². The van der Waals surface area contributed by atoms with Crippen molar-refractivity contribution in [1.29, 1.82) is 0 Å². The Morgan fingerprint density at radius 2 is 2.10 bits per heavy atom. The first kappa shape index (κ1) is 14.8. The Kier molecular flexibility index (Phi) is 4.19. The number of hydrogen-bond donors (Lipinski definition) is 1. The topological polar surface area (TPSA) is 74.0 Å². The average molecular weight is 416 g/mol. The third kappa shape index (κ3) is 2.93. The van der Waals surface area contributed by atoms with E-state index in [1.165, 1.54) is 21.8 Å². The summed E-state index contributed by atoms with van der Waals surface area (Å²) in [7, 11) is 0. The molecule has 1 saturated heterocycles. The van der Waals surface area contributed by atoms with Gasteiger partial charge in [-0.1, -0.05) is 0 Å². The molecule has 9 heteroatoms. The van der Waals surface area contributed by atoms with Crippen LogP contribution in [0.25, 0.3) is 5.52 Å². The number of nitrogens with zero attached hydrogens (tertiary/aromatic N) is 5. The van der Waals surface area contributed by atoms with E-state index in [1.54, 1.807) is 6.33 Å². The second-order valence-corrected chi connectivity index (χ2v) is 6.94. The number of hydrogen-bond acceptors (Lipinski definition) is 4. The number of carbonyl (C=O) groups is 1. The summed E-state index contributed by atoms with van der Waals surface area (Å²) in [6.45, 7) is 3.34. The molecule has 0 bridgehead atoms. The second-order valence-electron chi connectivity index (χ2n) is 4.94. The molecule has 1 aliphatic heterocycles. The van der Waals surface area contributed by atoms with Gasteiger partial charge >= 0.3 is 138 Å². The summed E-state index contributed by atoms with van der Waals surface area (Å²) in [5.41, 5.74) is 2.10. The summed E-state index contributed by atoms with van der Waals surface area (Å²) in [6, 6.07) is 2.07. The zero-order valence-corrected chi connectivity index (χ0v) is 15.2. The van der Waals surface area contributed by atoms with Gasteiger partial charge in [0.15, 0.2) is 0 Å². The molecule has 0 aromatic carbocycles. The van der Waals surface area contributed by atoms with E-state index in [0.29, 0.717) is 13.1 Å². The monoisotopic (exact) mass is 415 g/mol. The quantitative estimate of drug-likeness (QED) is 0.672. The first-order valence-electron chi connectivity index (χ1n) is 6.53. The average Bonchev–Trinajstić information content (AvgIpc) is 2.77. The van der Waals surface area contributed by atoms with E-state index in [-0.39, 0.29) is 0 Å². The van der Waals surface area contributed by atoms with Crippen molar-refractivity contribution in [3.05, 3.63) is 22.6 Å². The molecular weight excluding hydrogens is 401 g/mol. The number of amides is 1. The van der Waals surface area contributed by atoms with Crippen molar-refractivity contribution < 1.29 is 9.90 Å². The number of piperazine rings is 1. The third-order valence-corrected chi connectivity index (χ3v) is 5.13. The molecule has 2 aromatic heterocycles. The molecule has 1 unspecified atom stereocenters. The normalized spacial score (nSPS) is 16.6. The first-order chi connectivity index (χ1) is 10.1. The maximum atomic E-state index is 10.9. The van der Waals surface area contributed by atoms with E-state index in [2.05, 4.69) is 37.0 Å². The Hall–Kier alpha value is -1.11. The van der Waals surface area contributed by atoms with Gasteiger partial charge in [-0.25, -0.2) is 0 Å². The number of aromatic nitrogens is 3. The van der Waals surface area contributed by atoms with E-state index in [0.717, 1.165) is 39.8 Å². The first-order valence-corrected chi connectivity index (χ1v) is 8.53. The van der Waals surface area contributed by atoms with Gasteiger partial charge in [0.05, 0.1) is 0 Å². The molecule has 2 aromatic rings. The maximum absolute atomic E-state index is 10.9. The van der Waals surface area contributed by atoms with Gasteiger partial charge in [-0.15, -0.1) is 0 Å². The molecule has 0 saturated carbocycles. The van der Waals surface area contributed by atoms with Crippen molar-refractivity contribution in [3.8, 4) is 0 Å². The fourth-order valence-electron chi connectivity index (χ4n) is 2.52. The van der Waals surface area contributed by atoms with Gasteiger partial charge < -0.3 is 0 Å². The van der Waals surface area contributed by atoms with Crippen molar-refractivity contribution in [2.24, 2.45) is 0 Å². The second kappa shape index (κ2) is 5.94. The van der Waals surface area contributed by atoms with Crippen molar-refractivity contribution in [2.45, 2.75) is 6.54 Å². The zero-order valence-electron chi connectivity index (χ0n) is 11.2. The van der Waals surface area contributed by atoms with Crippen LogP contribution in [0.3, 0.4) is 0 Å². The van der Waals surface area contributed by atoms with Gasteiger partial charge in [0, 0.05) is 0 Å². The summed E-state index contributed by atoms with van der Waals surface area (Å²) in [6.07, 6.45) is 0.735. The Labute approximate surface area is 138 Å². The number of halogens is 1. The molecule has 1 aliphatic rings. The van der Waals surface area contributed by atoms with E-state index >= 15 is 0 Å². The fourth-order valence-corrected chi connectivity index (χ4v) is 4.32. The van der Waals surface area contributed by atoms with Crippen LogP contribution in [-0.4, -0.2) is 78.6 Å². The van der Waals surface area contributed by atoms with E-state index < -0.39 is 6.09 Å². The number of fused-ring (bicyclic) bond motifs is 1.